The van der Waals surface area contributed by atoms with Gasteiger partial charge in [0.25, 0.3) is 0 Å². The van der Waals surface area contributed by atoms with E-state index >= 15 is 0 Å². The number of aromatic nitrogens is 3. The van der Waals surface area contributed by atoms with Crippen molar-refractivity contribution in [2.75, 3.05) is 20.5 Å². The minimum absolute atomic E-state index is 0.173. The number of halogens is 2. The van der Waals surface area contributed by atoms with Gasteiger partial charge in [0.15, 0.2) is 5.82 Å². The molecule has 1 N–H and O–H groups in total. The molecule has 168 valence electrons. The number of rotatable bonds is 8. The van der Waals surface area contributed by atoms with E-state index in [0.29, 0.717) is 22.4 Å². The number of alkyl halides is 2. The standard InChI is InChI=1S/C21H21F2N5O3S/c1-31-15-5-6-19-17(7-15)18(10-24)20(28(19)14-3-2-4-14)21-25-11-16(12-26-21)32(29,30)27-13(8-22)9-23/h5-7,11-14,27H,2-4,8-9H2,1H3. The molecule has 0 aliphatic heterocycles. The quantitative estimate of drug-likeness (QED) is 0.551. The highest BCUT2D eigenvalue weighted by atomic mass is 32.2. The lowest BCUT2D eigenvalue weighted by Crippen LogP contribution is -2.38. The Balaban J connectivity index is 1.82. The predicted octanol–water partition coefficient (Wildman–Crippen LogP) is 3.29. The first-order valence-electron chi connectivity index (χ1n) is 10.0. The fraction of sp³-hybridized carbons (Fsp3) is 0.381. The fourth-order valence-corrected chi connectivity index (χ4v) is 4.83. The Morgan fingerprint density at radius 2 is 1.97 bits per heavy atom. The number of hydrogen-bond acceptors (Lipinski definition) is 6. The monoisotopic (exact) mass is 461 g/mol. The van der Waals surface area contributed by atoms with Gasteiger partial charge in [-0.15, -0.1) is 0 Å². The normalized spacial score (nSPS) is 14.5. The topological polar surface area (TPSA) is 110 Å². The van der Waals surface area contributed by atoms with Crippen LogP contribution in [0.2, 0.25) is 0 Å². The molecule has 1 aliphatic carbocycles. The molecular weight excluding hydrogens is 440 g/mol. The van der Waals surface area contributed by atoms with Crippen molar-refractivity contribution in [2.45, 2.75) is 36.2 Å². The van der Waals surface area contributed by atoms with Crippen molar-refractivity contribution >= 4 is 20.9 Å². The Labute approximate surface area is 183 Å². The number of ether oxygens (including phenoxy) is 1. The smallest absolute Gasteiger partial charge is 0.244 e. The maximum atomic E-state index is 12.7. The zero-order chi connectivity index (χ0) is 22.9. The molecule has 0 radical (unpaired) electrons. The van der Waals surface area contributed by atoms with Crippen LogP contribution in [0.25, 0.3) is 22.4 Å². The van der Waals surface area contributed by atoms with Crippen LogP contribution in [0.15, 0.2) is 35.5 Å². The summed E-state index contributed by atoms with van der Waals surface area (Å²) in [5.74, 6) is 0.796. The third-order valence-corrected chi connectivity index (χ3v) is 7.08. The van der Waals surface area contributed by atoms with Crippen LogP contribution in [0.4, 0.5) is 8.78 Å². The molecule has 0 atom stereocenters. The van der Waals surface area contributed by atoms with Gasteiger partial charge >= 0.3 is 0 Å². The van der Waals surface area contributed by atoms with Crippen LogP contribution < -0.4 is 9.46 Å². The van der Waals surface area contributed by atoms with Crippen molar-refractivity contribution in [1.82, 2.24) is 19.3 Å². The molecule has 8 nitrogen and oxygen atoms in total. The highest BCUT2D eigenvalue weighted by Gasteiger charge is 2.29. The number of methoxy groups -OCH3 is 1. The molecule has 1 aromatic carbocycles. The van der Waals surface area contributed by atoms with Crippen LogP contribution >= 0.6 is 0 Å². The Morgan fingerprint density at radius 1 is 1.28 bits per heavy atom. The second kappa shape index (κ2) is 8.80. The summed E-state index contributed by atoms with van der Waals surface area (Å²) in [4.78, 5) is 8.08. The molecule has 2 aromatic heterocycles. The third-order valence-electron chi connectivity index (χ3n) is 5.61. The van der Waals surface area contributed by atoms with Gasteiger partial charge in [-0.3, -0.25) is 0 Å². The van der Waals surface area contributed by atoms with Crippen LogP contribution in [0, 0.1) is 11.3 Å². The number of hydrogen-bond donors (Lipinski definition) is 1. The van der Waals surface area contributed by atoms with Crippen molar-refractivity contribution in [2.24, 2.45) is 0 Å². The van der Waals surface area contributed by atoms with Crippen molar-refractivity contribution < 1.29 is 21.9 Å². The van der Waals surface area contributed by atoms with Gasteiger partial charge in [0.05, 0.1) is 36.6 Å². The summed E-state index contributed by atoms with van der Waals surface area (Å²) in [5.41, 5.74) is 1.72. The number of benzene rings is 1. The van der Waals surface area contributed by atoms with E-state index in [2.05, 4.69) is 16.0 Å². The zero-order valence-corrected chi connectivity index (χ0v) is 18.1. The summed E-state index contributed by atoms with van der Waals surface area (Å²) in [7, 11) is -2.65. The highest BCUT2D eigenvalue weighted by Crippen LogP contribution is 2.42. The van der Waals surface area contributed by atoms with Crippen LogP contribution in [-0.2, 0) is 10.0 Å². The Hall–Kier alpha value is -3.10. The molecule has 3 aromatic rings. The van der Waals surface area contributed by atoms with Gasteiger partial charge in [0.1, 0.15) is 35.8 Å². The van der Waals surface area contributed by atoms with Gasteiger partial charge in [-0.2, -0.15) is 5.26 Å². The second-order valence-electron chi connectivity index (χ2n) is 7.54. The molecule has 4 rings (SSSR count). The fourth-order valence-electron chi connectivity index (χ4n) is 3.75. The Kier molecular flexibility index (Phi) is 6.08. The van der Waals surface area contributed by atoms with Crippen LogP contribution in [0.1, 0.15) is 30.9 Å². The molecule has 2 heterocycles. The van der Waals surface area contributed by atoms with Gasteiger partial charge in [-0.1, -0.05) is 0 Å². The molecule has 0 saturated heterocycles. The summed E-state index contributed by atoms with van der Waals surface area (Å²) < 4.78 is 59.5. The van der Waals surface area contributed by atoms with Crippen LogP contribution in [-0.4, -0.2) is 49.5 Å². The SMILES string of the molecule is COc1ccc2c(c1)c(C#N)c(-c1ncc(S(=O)(=O)NC(CF)CF)cn1)n2C1CCC1. The van der Waals surface area contributed by atoms with Crippen molar-refractivity contribution in [1.29, 1.82) is 5.26 Å². The molecule has 1 fully saturated rings. The van der Waals surface area contributed by atoms with Crippen LogP contribution in [0.3, 0.4) is 0 Å². The largest absolute Gasteiger partial charge is 0.497 e. The highest BCUT2D eigenvalue weighted by molar-refractivity contribution is 7.89. The number of nitrogens with zero attached hydrogens (tertiary/aromatic N) is 4. The lowest BCUT2D eigenvalue weighted by Gasteiger charge is -2.29. The first kappa shape index (κ1) is 22.1. The van der Waals surface area contributed by atoms with Gasteiger partial charge in [-0.25, -0.2) is 31.9 Å². The lowest BCUT2D eigenvalue weighted by atomic mass is 9.92. The average molecular weight is 461 g/mol. The Morgan fingerprint density at radius 3 is 2.50 bits per heavy atom. The third kappa shape index (κ3) is 3.80. The molecule has 0 spiro atoms. The summed E-state index contributed by atoms with van der Waals surface area (Å²) in [6.07, 6.45) is 5.09. The molecule has 0 bridgehead atoms. The van der Waals surface area contributed by atoms with E-state index in [9.17, 15) is 22.5 Å². The molecule has 32 heavy (non-hydrogen) atoms. The first-order valence-corrected chi connectivity index (χ1v) is 11.5. The summed E-state index contributed by atoms with van der Waals surface area (Å²) in [6.45, 7) is -2.35. The number of nitrogens with one attached hydrogen (secondary N) is 1. The van der Waals surface area contributed by atoms with Crippen molar-refractivity contribution in [3.05, 3.63) is 36.2 Å². The van der Waals surface area contributed by atoms with E-state index in [0.717, 1.165) is 37.2 Å². The minimum atomic E-state index is -4.20. The predicted molar refractivity (Wildman–Crippen MR) is 113 cm³/mol. The zero-order valence-electron chi connectivity index (χ0n) is 17.3. The molecular formula is C21H21F2N5O3S. The number of sulfonamides is 1. The van der Waals surface area contributed by atoms with Crippen LogP contribution in [0.5, 0.6) is 5.75 Å². The van der Waals surface area contributed by atoms with Gasteiger partial charge in [0.2, 0.25) is 10.0 Å². The Bertz CT molecular complexity index is 1280. The maximum Gasteiger partial charge on any atom is 0.244 e. The molecule has 11 heteroatoms. The van der Waals surface area contributed by atoms with E-state index in [-0.39, 0.29) is 16.8 Å². The average Bonchev–Trinajstić information content (AvgIpc) is 3.09. The van der Waals surface area contributed by atoms with Gasteiger partial charge < -0.3 is 9.30 Å². The van der Waals surface area contributed by atoms with E-state index in [1.54, 1.807) is 13.2 Å². The second-order valence-corrected chi connectivity index (χ2v) is 9.26. The summed E-state index contributed by atoms with van der Waals surface area (Å²) in [6, 6.07) is 6.41. The van der Waals surface area contributed by atoms with E-state index in [1.165, 1.54) is 0 Å². The number of fused-ring (bicyclic) bond motifs is 1. The first-order chi connectivity index (χ1) is 15.4. The summed E-state index contributed by atoms with van der Waals surface area (Å²) >= 11 is 0. The minimum Gasteiger partial charge on any atom is -0.497 e. The van der Waals surface area contributed by atoms with Crippen molar-refractivity contribution in [3.8, 4) is 23.3 Å². The van der Waals surface area contributed by atoms with E-state index in [1.807, 2.05) is 21.4 Å². The molecule has 1 saturated carbocycles. The number of nitriles is 1. The van der Waals surface area contributed by atoms with Gasteiger partial charge in [-0.05, 0) is 37.5 Å². The van der Waals surface area contributed by atoms with E-state index in [4.69, 9.17) is 4.74 Å². The van der Waals surface area contributed by atoms with E-state index < -0.39 is 29.4 Å². The summed E-state index contributed by atoms with van der Waals surface area (Å²) in [5, 5.41) is 10.6. The molecule has 0 unspecified atom stereocenters. The lowest BCUT2D eigenvalue weighted by molar-refractivity contribution is 0.323. The maximum absolute atomic E-state index is 12.7. The van der Waals surface area contributed by atoms with Gasteiger partial charge in [0, 0.05) is 11.4 Å². The van der Waals surface area contributed by atoms with Crippen molar-refractivity contribution in [3.63, 3.8) is 0 Å². The molecule has 0 amide bonds. The molecule has 1 aliphatic rings.